The van der Waals surface area contributed by atoms with Crippen LogP contribution in [0.25, 0.3) is 0 Å². The lowest BCUT2D eigenvalue weighted by molar-refractivity contribution is -0.118. The van der Waals surface area contributed by atoms with Gasteiger partial charge in [-0.3, -0.25) is 0 Å². The second-order valence-corrected chi connectivity index (χ2v) is 13.1. The van der Waals surface area contributed by atoms with Crippen molar-refractivity contribution >= 4 is 37.2 Å². The molecule has 4 aliphatic carbocycles. The fourth-order valence-corrected chi connectivity index (χ4v) is 9.58. The molecule has 4 saturated carbocycles. The molecule has 0 amide bonds. The Bertz CT molecular complexity index is 629. The third kappa shape index (κ3) is 7.07. The van der Waals surface area contributed by atoms with E-state index in [1.54, 1.807) is 0 Å². The third-order valence-corrected chi connectivity index (χ3v) is 11.5. The highest BCUT2D eigenvalue weighted by molar-refractivity contribution is 5.86. The van der Waals surface area contributed by atoms with E-state index in [1.807, 2.05) is 0 Å². The lowest BCUT2D eigenvalue weighted by Crippen LogP contribution is -2.55. The van der Waals surface area contributed by atoms with E-state index < -0.39 is 0 Å². The van der Waals surface area contributed by atoms with Crippen molar-refractivity contribution in [1.82, 2.24) is 10.6 Å². The second-order valence-electron chi connectivity index (χ2n) is 13.1. The molecule has 0 saturated heterocycles. The van der Waals surface area contributed by atoms with Crippen LogP contribution in [0.1, 0.15) is 97.8 Å². The zero-order chi connectivity index (χ0) is 23.5. The minimum Gasteiger partial charge on any atom is -0.396 e. The van der Waals surface area contributed by atoms with Crippen LogP contribution < -0.4 is 16.4 Å². The smallest absolute Gasteiger partial charge is 0.0459 e. The Morgan fingerprint density at radius 3 is 2.25 bits per heavy atom. The quantitative estimate of drug-likeness (QED) is 0.223. The summed E-state index contributed by atoms with van der Waals surface area (Å²) in [6.07, 6.45) is 16.4. The molecule has 0 unspecified atom stereocenters. The van der Waals surface area contributed by atoms with Crippen LogP contribution in [0.2, 0.25) is 0 Å². The summed E-state index contributed by atoms with van der Waals surface area (Å²) < 4.78 is 0. The lowest BCUT2D eigenvalue weighted by Gasteiger charge is -2.61. The Kier molecular flexibility index (Phi) is 14.9. The first-order valence-electron chi connectivity index (χ1n) is 14.7. The van der Waals surface area contributed by atoms with Crippen molar-refractivity contribution < 1.29 is 5.11 Å². The first-order valence-corrected chi connectivity index (χ1v) is 14.7. The Morgan fingerprint density at radius 1 is 0.833 bits per heavy atom. The molecule has 0 spiro atoms. The van der Waals surface area contributed by atoms with Gasteiger partial charge in [0.2, 0.25) is 0 Å². The highest BCUT2D eigenvalue weighted by Crippen LogP contribution is 2.68. The van der Waals surface area contributed by atoms with Crippen molar-refractivity contribution in [2.75, 3.05) is 32.8 Å². The van der Waals surface area contributed by atoms with Gasteiger partial charge in [0.25, 0.3) is 0 Å². The summed E-state index contributed by atoms with van der Waals surface area (Å²) >= 11 is 0. The van der Waals surface area contributed by atoms with Crippen LogP contribution >= 0.6 is 37.2 Å². The summed E-state index contributed by atoms with van der Waals surface area (Å²) in [5, 5.41) is 17.4. The molecule has 4 rings (SSSR count). The van der Waals surface area contributed by atoms with Crippen LogP contribution in [0.3, 0.4) is 0 Å². The second kappa shape index (κ2) is 15.5. The summed E-state index contributed by atoms with van der Waals surface area (Å²) in [5.74, 6) is 4.98. The Labute approximate surface area is 241 Å². The number of nitrogens with two attached hydrogens (primary N) is 1. The van der Waals surface area contributed by atoms with E-state index in [0.717, 1.165) is 68.2 Å². The maximum absolute atomic E-state index is 9.87. The summed E-state index contributed by atoms with van der Waals surface area (Å²) in [4.78, 5) is 0. The zero-order valence-corrected chi connectivity index (χ0v) is 25.8. The monoisotopic (exact) mass is 569 g/mol. The van der Waals surface area contributed by atoms with Crippen molar-refractivity contribution in [1.29, 1.82) is 0 Å². The lowest BCUT2D eigenvalue weighted by atomic mass is 9.44. The number of hydrogen-bond donors (Lipinski definition) is 4. The molecule has 0 aromatic rings. The Morgan fingerprint density at radius 2 is 1.53 bits per heavy atom. The number of aliphatic hydroxyl groups excluding tert-OH is 1. The van der Waals surface area contributed by atoms with Gasteiger partial charge in [-0.05, 0) is 150 Å². The zero-order valence-electron chi connectivity index (χ0n) is 23.3. The van der Waals surface area contributed by atoms with E-state index in [-0.39, 0.29) is 37.2 Å². The average Bonchev–Trinajstić information content (AvgIpc) is 3.17. The van der Waals surface area contributed by atoms with Crippen LogP contribution in [-0.4, -0.2) is 43.9 Å². The molecule has 4 aliphatic rings. The van der Waals surface area contributed by atoms with Gasteiger partial charge in [0.15, 0.2) is 0 Å². The Balaban J connectivity index is 0.00000216. The number of aliphatic hydroxyl groups is 1. The van der Waals surface area contributed by atoms with Crippen LogP contribution in [-0.2, 0) is 0 Å². The standard InChI is InChI=1S/C29H55N3O.3ClH/c1-21(20-33)25-9-10-26-24-8-7-22-19-23(32-18-6-17-31-16-5-4-15-30)11-13-28(22,2)27(24)12-14-29(25,26)3;;;/h21-27,31-33H,4-20,30H2,1-3H3;3*1H/t21-,22-,23+,24+,25-,26+,27+,28+,29-;;;/m1.../s1. The number of unbranched alkanes of at least 4 members (excludes halogenated alkanes) is 1. The van der Waals surface area contributed by atoms with Crippen molar-refractivity contribution in [3.05, 3.63) is 0 Å². The summed E-state index contributed by atoms with van der Waals surface area (Å²) in [6.45, 7) is 12.2. The summed E-state index contributed by atoms with van der Waals surface area (Å²) in [5.41, 5.74) is 6.64. The first-order chi connectivity index (χ1) is 15.9. The molecule has 0 aromatic carbocycles. The van der Waals surface area contributed by atoms with Gasteiger partial charge in [0, 0.05) is 12.6 Å². The van der Waals surface area contributed by atoms with E-state index in [0.29, 0.717) is 23.4 Å². The van der Waals surface area contributed by atoms with E-state index in [4.69, 9.17) is 5.73 Å². The molecule has 0 aliphatic heterocycles. The molecule has 4 nitrogen and oxygen atoms in total. The normalized spacial score (nSPS) is 39.9. The molecule has 9 atom stereocenters. The molecule has 4 fully saturated rings. The minimum absolute atomic E-state index is 0. The van der Waals surface area contributed by atoms with Gasteiger partial charge in [-0.25, -0.2) is 0 Å². The maximum atomic E-state index is 9.87. The van der Waals surface area contributed by atoms with E-state index in [9.17, 15) is 5.11 Å². The molecule has 0 radical (unpaired) electrons. The van der Waals surface area contributed by atoms with Crippen LogP contribution in [0, 0.1) is 46.3 Å². The van der Waals surface area contributed by atoms with Gasteiger partial charge >= 0.3 is 0 Å². The van der Waals surface area contributed by atoms with E-state index in [2.05, 4.69) is 31.4 Å². The van der Waals surface area contributed by atoms with Crippen molar-refractivity contribution in [3.63, 3.8) is 0 Å². The molecule has 0 aromatic heterocycles. The fraction of sp³-hybridized carbons (Fsp3) is 1.00. The predicted molar refractivity (Wildman–Crippen MR) is 161 cm³/mol. The summed E-state index contributed by atoms with van der Waals surface area (Å²) in [7, 11) is 0. The van der Waals surface area contributed by atoms with Crippen molar-refractivity contribution in [2.24, 2.45) is 52.1 Å². The Hall–Kier alpha value is 0.710. The minimum atomic E-state index is 0. The number of nitrogens with one attached hydrogen (secondary N) is 2. The largest absolute Gasteiger partial charge is 0.396 e. The molecular formula is C29H58Cl3N3O. The van der Waals surface area contributed by atoms with Gasteiger partial charge in [0.1, 0.15) is 0 Å². The molecule has 5 N–H and O–H groups in total. The number of halogens is 3. The molecule has 0 heterocycles. The van der Waals surface area contributed by atoms with Crippen molar-refractivity contribution in [2.45, 2.75) is 104 Å². The van der Waals surface area contributed by atoms with E-state index in [1.165, 1.54) is 70.6 Å². The van der Waals surface area contributed by atoms with Crippen LogP contribution in [0.5, 0.6) is 0 Å². The highest BCUT2D eigenvalue weighted by atomic mass is 35.5. The molecule has 36 heavy (non-hydrogen) atoms. The SMILES string of the molecule is C[C@H](CO)[C@H]1CC[C@H]2[C@@H]3CC[C@@H]4C[C@@H](NCCCNCCCCN)CC[C@]4(C)[C@H]3CC[C@]12C.Cl.Cl.Cl. The van der Waals surface area contributed by atoms with Crippen LogP contribution in [0.15, 0.2) is 0 Å². The average molecular weight is 571 g/mol. The topological polar surface area (TPSA) is 70.3 Å². The summed E-state index contributed by atoms with van der Waals surface area (Å²) in [6, 6.07) is 0.743. The molecular weight excluding hydrogens is 513 g/mol. The third-order valence-electron chi connectivity index (χ3n) is 11.5. The molecule has 0 bridgehead atoms. The van der Waals surface area contributed by atoms with Crippen LogP contribution in [0.4, 0.5) is 0 Å². The molecule has 216 valence electrons. The van der Waals surface area contributed by atoms with Gasteiger partial charge in [-0.15, -0.1) is 37.2 Å². The number of hydrogen-bond acceptors (Lipinski definition) is 4. The van der Waals surface area contributed by atoms with Crippen molar-refractivity contribution in [3.8, 4) is 0 Å². The van der Waals surface area contributed by atoms with Gasteiger partial charge in [0.05, 0.1) is 0 Å². The number of fused-ring (bicyclic) bond motifs is 5. The fourth-order valence-electron chi connectivity index (χ4n) is 9.58. The highest BCUT2D eigenvalue weighted by Gasteiger charge is 2.60. The number of rotatable bonds is 11. The molecule has 7 heteroatoms. The van der Waals surface area contributed by atoms with Gasteiger partial charge < -0.3 is 21.5 Å². The van der Waals surface area contributed by atoms with E-state index >= 15 is 0 Å². The van der Waals surface area contributed by atoms with Gasteiger partial charge in [-0.1, -0.05) is 20.8 Å². The van der Waals surface area contributed by atoms with Gasteiger partial charge in [-0.2, -0.15) is 0 Å². The predicted octanol–water partition coefficient (Wildman–Crippen LogP) is 6.22. The first kappa shape index (κ1) is 34.7. The maximum Gasteiger partial charge on any atom is 0.0459 e.